The molecule has 3 nitrogen and oxygen atoms in total. The van der Waals surface area contributed by atoms with Crippen LogP contribution in [0.25, 0.3) is 0 Å². The molecule has 4 fully saturated rings. The van der Waals surface area contributed by atoms with Crippen molar-refractivity contribution in [3.63, 3.8) is 0 Å². The molecule has 172 valence electrons. The van der Waals surface area contributed by atoms with Crippen LogP contribution in [0, 0.1) is 28.6 Å². The maximum atomic E-state index is 10.3. The van der Waals surface area contributed by atoms with Crippen LogP contribution in [0.15, 0.2) is 47.6 Å². The molecule has 31 heavy (non-hydrogen) atoms. The topological polar surface area (TPSA) is 60.7 Å². The SMILES string of the molecule is C=C1/C(=C\C=C2\CCC[C@@]3(C)[C@@H]([C@H](C)/C=C/[C@@H](O)C4CC4)CC[C@@]23C)C[C@H](O)C[C@@H]1O. The Balaban J connectivity index is 1.54. The van der Waals surface area contributed by atoms with Gasteiger partial charge in [0.25, 0.3) is 0 Å². The second-order valence-electron chi connectivity index (χ2n) is 11.3. The number of allylic oxidation sites excluding steroid dienone is 4. The molecule has 4 aliphatic rings. The molecule has 0 aromatic rings. The minimum atomic E-state index is -0.630. The van der Waals surface area contributed by atoms with Crippen molar-refractivity contribution in [2.24, 2.45) is 28.6 Å². The fourth-order valence-electron chi connectivity index (χ4n) is 6.96. The summed E-state index contributed by atoms with van der Waals surface area (Å²) in [4.78, 5) is 0. The maximum absolute atomic E-state index is 10.3. The van der Waals surface area contributed by atoms with Crippen LogP contribution in [0.4, 0.5) is 0 Å². The van der Waals surface area contributed by atoms with E-state index in [1.54, 1.807) is 0 Å². The summed E-state index contributed by atoms with van der Waals surface area (Å²) in [5.41, 5.74) is 3.72. The number of fused-ring (bicyclic) bond motifs is 1. The van der Waals surface area contributed by atoms with Gasteiger partial charge in [-0.2, -0.15) is 0 Å². The van der Waals surface area contributed by atoms with Gasteiger partial charge in [-0.1, -0.05) is 57.2 Å². The van der Waals surface area contributed by atoms with Gasteiger partial charge in [0.15, 0.2) is 0 Å². The van der Waals surface area contributed by atoms with Gasteiger partial charge in [0.05, 0.1) is 18.3 Å². The molecule has 4 aliphatic carbocycles. The lowest BCUT2D eigenvalue weighted by molar-refractivity contribution is 0.0455. The van der Waals surface area contributed by atoms with Gasteiger partial charge in [0, 0.05) is 6.42 Å². The van der Waals surface area contributed by atoms with E-state index in [2.05, 4.69) is 51.7 Å². The maximum Gasteiger partial charge on any atom is 0.0811 e. The third-order valence-electron chi connectivity index (χ3n) is 9.49. The zero-order valence-electron chi connectivity index (χ0n) is 19.7. The van der Waals surface area contributed by atoms with Crippen LogP contribution in [0.2, 0.25) is 0 Å². The largest absolute Gasteiger partial charge is 0.393 e. The summed E-state index contributed by atoms with van der Waals surface area (Å²) in [5.74, 6) is 1.60. The fraction of sp³-hybridized carbons (Fsp3) is 0.714. The Hall–Kier alpha value is -1.16. The first kappa shape index (κ1) is 23.0. The lowest BCUT2D eigenvalue weighted by Gasteiger charge is -2.51. The van der Waals surface area contributed by atoms with Crippen LogP contribution < -0.4 is 0 Å². The number of aliphatic hydroxyl groups is 3. The predicted molar refractivity (Wildman–Crippen MR) is 126 cm³/mol. The minimum Gasteiger partial charge on any atom is -0.393 e. The molecule has 0 aliphatic heterocycles. The zero-order valence-corrected chi connectivity index (χ0v) is 19.7. The Morgan fingerprint density at radius 2 is 1.81 bits per heavy atom. The molecule has 4 rings (SSSR count). The van der Waals surface area contributed by atoms with Crippen molar-refractivity contribution in [1.29, 1.82) is 0 Å². The van der Waals surface area contributed by atoms with Gasteiger partial charge in [-0.3, -0.25) is 0 Å². The van der Waals surface area contributed by atoms with E-state index in [9.17, 15) is 15.3 Å². The fourth-order valence-corrected chi connectivity index (χ4v) is 6.96. The van der Waals surface area contributed by atoms with E-state index >= 15 is 0 Å². The molecule has 0 aromatic carbocycles. The molecule has 3 heteroatoms. The Labute approximate surface area is 188 Å². The summed E-state index contributed by atoms with van der Waals surface area (Å²) in [7, 11) is 0. The van der Waals surface area contributed by atoms with E-state index < -0.39 is 12.2 Å². The van der Waals surface area contributed by atoms with Crippen molar-refractivity contribution in [3.8, 4) is 0 Å². The monoisotopic (exact) mass is 426 g/mol. The Bertz CT molecular complexity index is 788. The van der Waals surface area contributed by atoms with Crippen molar-refractivity contribution >= 4 is 0 Å². The molecular formula is C28H42O3. The van der Waals surface area contributed by atoms with Gasteiger partial charge in [0.1, 0.15) is 0 Å². The average molecular weight is 427 g/mol. The third kappa shape index (κ3) is 4.26. The molecule has 7 atom stereocenters. The van der Waals surface area contributed by atoms with E-state index in [1.165, 1.54) is 44.1 Å². The first-order chi connectivity index (χ1) is 14.7. The predicted octanol–water partition coefficient (Wildman–Crippen LogP) is 5.48. The standard InChI is InChI=1S/C28H42O3/c1-18(7-12-25(30)20-8-9-20)24-13-15-27(3)22(6-5-14-28(24,27)4)11-10-21-16-23(29)17-26(31)19(21)2/h7,10-12,18,20,23-26,29-31H,2,5-6,8-9,13-17H2,1,3-4H3/b12-7+,21-10-,22-11-/t18-,23+,24-,25-,26+,27+,28+/m1/s1. The second-order valence-corrected chi connectivity index (χ2v) is 11.3. The average Bonchev–Trinajstić information content (AvgIpc) is 3.52. The van der Waals surface area contributed by atoms with Crippen LogP contribution in [-0.4, -0.2) is 33.6 Å². The van der Waals surface area contributed by atoms with Crippen molar-refractivity contribution in [3.05, 3.63) is 47.6 Å². The van der Waals surface area contributed by atoms with Crippen molar-refractivity contribution in [2.45, 2.75) is 96.9 Å². The Morgan fingerprint density at radius 3 is 2.52 bits per heavy atom. The molecule has 0 spiro atoms. The highest BCUT2D eigenvalue weighted by atomic mass is 16.3. The van der Waals surface area contributed by atoms with E-state index in [0.717, 1.165) is 17.6 Å². The number of hydrogen-bond acceptors (Lipinski definition) is 3. The van der Waals surface area contributed by atoms with Gasteiger partial charge in [-0.05, 0) is 91.1 Å². The first-order valence-corrected chi connectivity index (χ1v) is 12.5. The van der Waals surface area contributed by atoms with Gasteiger partial charge < -0.3 is 15.3 Å². The van der Waals surface area contributed by atoms with Gasteiger partial charge >= 0.3 is 0 Å². The lowest BCUT2D eigenvalue weighted by Crippen LogP contribution is -2.42. The number of hydrogen-bond donors (Lipinski definition) is 3. The smallest absolute Gasteiger partial charge is 0.0811 e. The van der Waals surface area contributed by atoms with E-state index in [1.807, 2.05) is 0 Å². The summed E-state index contributed by atoms with van der Waals surface area (Å²) in [6.45, 7) is 11.4. The molecule has 3 N–H and O–H groups in total. The highest BCUT2D eigenvalue weighted by Gasteiger charge is 2.57. The summed E-state index contributed by atoms with van der Waals surface area (Å²) < 4.78 is 0. The highest BCUT2D eigenvalue weighted by molar-refractivity contribution is 5.39. The molecule has 0 unspecified atom stereocenters. The van der Waals surface area contributed by atoms with Crippen molar-refractivity contribution < 1.29 is 15.3 Å². The normalized spacial score (nSPS) is 43.5. The molecule has 0 aromatic heterocycles. The van der Waals surface area contributed by atoms with Crippen molar-refractivity contribution in [1.82, 2.24) is 0 Å². The van der Waals surface area contributed by atoms with E-state index in [0.29, 0.717) is 30.6 Å². The van der Waals surface area contributed by atoms with Gasteiger partial charge in [-0.25, -0.2) is 0 Å². The van der Waals surface area contributed by atoms with Crippen LogP contribution in [-0.2, 0) is 0 Å². The summed E-state index contributed by atoms with van der Waals surface area (Å²) in [5, 5.41) is 30.5. The highest BCUT2D eigenvalue weighted by Crippen LogP contribution is 2.66. The summed E-state index contributed by atoms with van der Waals surface area (Å²) in [6, 6.07) is 0. The van der Waals surface area contributed by atoms with Crippen LogP contribution in [0.3, 0.4) is 0 Å². The van der Waals surface area contributed by atoms with E-state index in [4.69, 9.17) is 0 Å². The van der Waals surface area contributed by atoms with Gasteiger partial charge in [0.2, 0.25) is 0 Å². The minimum absolute atomic E-state index is 0.178. The van der Waals surface area contributed by atoms with Gasteiger partial charge in [-0.15, -0.1) is 0 Å². The quantitative estimate of drug-likeness (QED) is 0.510. The molecule has 4 saturated carbocycles. The molecule has 0 bridgehead atoms. The molecule has 0 radical (unpaired) electrons. The summed E-state index contributed by atoms with van der Waals surface area (Å²) in [6.07, 6.45) is 16.8. The van der Waals surface area contributed by atoms with Crippen molar-refractivity contribution in [2.75, 3.05) is 0 Å². The first-order valence-electron chi connectivity index (χ1n) is 12.5. The molecular weight excluding hydrogens is 384 g/mol. The van der Waals surface area contributed by atoms with Crippen LogP contribution in [0.1, 0.15) is 78.6 Å². The van der Waals surface area contributed by atoms with Crippen LogP contribution >= 0.6 is 0 Å². The third-order valence-corrected chi connectivity index (χ3v) is 9.49. The van der Waals surface area contributed by atoms with E-state index in [-0.39, 0.29) is 16.9 Å². The molecule has 0 saturated heterocycles. The number of rotatable bonds is 5. The second kappa shape index (κ2) is 8.65. The number of aliphatic hydroxyl groups excluding tert-OH is 3. The van der Waals surface area contributed by atoms with Crippen LogP contribution in [0.5, 0.6) is 0 Å². The zero-order chi connectivity index (χ0) is 22.4. The molecule has 0 heterocycles. The Kier molecular flexibility index (Phi) is 6.42. The Morgan fingerprint density at radius 1 is 1.06 bits per heavy atom. The lowest BCUT2D eigenvalue weighted by atomic mass is 9.53. The molecule has 0 amide bonds. The summed E-state index contributed by atoms with van der Waals surface area (Å²) >= 11 is 0.